The molecule has 5 unspecified atom stereocenters. The van der Waals surface area contributed by atoms with Gasteiger partial charge >= 0.3 is 258 Å². The van der Waals surface area contributed by atoms with E-state index in [1.54, 1.807) is 18.9 Å². The Morgan fingerprint density at radius 1 is 1.07 bits per heavy atom. The van der Waals surface area contributed by atoms with E-state index in [0.29, 0.717) is 11.0 Å². The van der Waals surface area contributed by atoms with Crippen LogP contribution in [0.1, 0.15) is 12.5 Å². The number of nitrogen functional groups attached to an aromatic ring is 2. The first-order chi connectivity index (χ1) is 21.3. The summed E-state index contributed by atoms with van der Waals surface area (Å²) in [4.78, 5) is 41.8. The van der Waals surface area contributed by atoms with E-state index in [0.717, 1.165) is 0 Å². The number of aromatic amines is 1. The van der Waals surface area contributed by atoms with Crippen molar-refractivity contribution < 1.29 is 47.2 Å². The van der Waals surface area contributed by atoms with E-state index in [-0.39, 0.29) is 29.5 Å². The van der Waals surface area contributed by atoms with E-state index >= 15 is 0 Å². The predicted molar refractivity (Wildman–Crippen MR) is 159 cm³/mol. The summed E-state index contributed by atoms with van der Waals surface area (Å²) in [6.45, 7) is -2.90. The van der Waals surface area contributed by atoms with E-state index in [1.807, 2.05) is 0 Å². The monoisotopic (exact) mass is 689 g/mol. The van der Waals surface area contributed by atoms with Gasteiger partial charge in [0, 0.05) is 0 Å². The van der Waals surface area contributed by atoms with Gasteiger partial charge in [0.2, 0.25) is 0 Å². The second-order valence-electron chi connectivity index (χ2n) is 10.7. The molecule has 3 saturated heterocycles. The minimum atomic E-state index is -4.93. The molecule has 8 N–H and O–H groups in total. The fraction of sp³-hybridized carbons (Fsp3) is 0.500. The third kappa shape index (κ3) is 5.52. The number of phosphoric ester groups is 1. The van der Waals surface area contributed by atoms with Gasteiger partial charge in [-0.1, -0.05) is 0 Å². The molecule has 4 aromatic heterocycles. The van der Waals surface area contributed by atoms with Crippen LogP contribution in [-0.2, 0) is 32.1 Å². The van der Waals surface area contributed by atoms with Gasteiger partial charge in [-0.15, -0.1) is 0 Å². The summed E-state index contributed by atoms with van der Waals surface area (Å²) in [7, 11) is -4.93. The third-order valence-electron chi connectivity index (χ3n) is 7.69. The zero-order valence-electron chi connectivity index (χ0n) is 23.2. The number of imidazole rings is 1. The Balaban J connectivity index is 1.20. The topological polar surface area (TPSA) is 279 Å². The quantitative estimate of drug-likeness (QED) is 0.100. The van der Waals surface area contributed by atoms with E-state index in [9.17, 15) is 24.5 Å². The van der Waals surface area contributed by atoms with Crippen LogP contribution in [0.25, 0.3) is 22.2 Å². The Kier molecular flexibility index (Phi) is 7.67. The Morgan fingerprint density at radius 2 is 1.84 bits per heavy atom. The van der Waals surface area contributed by atoms with Crippen molar-refractivity contribution >= 4 is 61.0 Å². The zero-order chi connectivity index (χ0) is 31.8. The molecule has 20 nitrogen and oxygen atoms in total. The maximum absolute atomic E-state index is 13.2. The van der Waals surface area contributed by atoms with Gasteiger partial charge < -0.3 is 0 Å². The van der Waals surface area contributed by atoms with Crippen LogP contribution in [0, 0.1) is 0 Å². The van der Waals surface area contributed by atoms with Crippen LogP contribution in [0.5, 0.6) is 0 Å². The number of nitrogens with zero attached hydrogens (tertiary/aromatic N) is 6. The molecule has 7 heterocycles. The van der Waals surface area contributed by atoms with Gasteiger partial charge in [0.15, 0.2) is 0 Å². The van der Waals surface area contributed by atoms with Crippen molar-refractivity contribution in [3.05, 3.63) is 35.3 Å². The summed E-state index contributed by atoms with van der Waals surface area (Å²) in [6.07, 6.45) is -6.19. The van der Waals surface area contributed by atoms with Crippen molar-refractivity contribution in [1.82, 2.24) is 34.1 Å². The average Bonchev–Trinajstić information content (AvgIpc) is 3.72. The molecule has 0 aromatic carbocycles. The van der Waals surface area contributed by atoms with Crippen molar-refractivity contribution in [2.45, 2.75) is 49.1 Å². The summed E-state index contributed by atoms with van der Waals surface area (Å²) in [6, 6.07) is 1.64. The molecule has 0 saturated carbocycles. The number of fused-ring (bicyclic) bond motifs is 5. The minimum absolute atomic E-state index is 0.0381. The van der Waals surface area contributed by atoms with Gasteiger partial charge in [0.1, 0.15) is 0 Å². The van der Waals surface area contributed by atoms with E-state index in [1.165, 1.54) is 21.8 Å². The molecule has 45 heavy (non-hydrogen) atoms. The van der Waals surface area contributed by atoms with Crippen LogP contribution in [0.2, 0.25) is 0 Å². The average molecular weight is 690 g/mol. The SMILES string of the molecule is C[PH]1(S)OC[C@H]2O[C@@H](n3ccc4c(N)ncnc43)C(O)C2OP(=O)(O)OC[C@H]2O[C@@H](n3cnc4c(=O)[nH]c(N)nc43)C(O1)C2O. The molecule has 9 atom stereocenters. The number of hydrogen-bond acceptors (Lipinski definition) is 17. The molecule has 244 valence electrons. The second-order valence-corrected chi connectivity index (χ2v) is 16.9. The number of ether oxygens (including phenoxy) is 2. The molecule has 2 bridgehead atoms. The molecule has 0 aliphatic carbocycles. The standard InChI is InChI=1S/C22H29N9O11P2S/c1-43(45)37-5-10-14(13(33)20(40-10)30-3-2-8-16(23)25-6-26-17(8)30)42-44(35,36)38-4-9-12(32)15(41-43)21(39-9)31-7-27-11-18(31)28-22(24)29-19(11)34/h2-3,6-7,9-10,12-15,20-21,32-33,43,45H,4-5H2,1H3,(H,35,36)(H2,23,25,26)(H3,24,28,29,34)/t9-,10-,12?,13?,14?,15?,20-,21-/m1/s1. The van der Waals surface area contributed by atoms with Gasteiger partial charge in [0.05, 0.1) is 0 Å². The van der Waals surface area contributed by atoms with E-state index in [2.05, 4.69) is 37.2 Å². The van der Waals surface area contributed by atoms with Crippen molar-refractivity contribution in [2.75, 3.05) is 31.3 Å². The first-order valence-corrected chi connectivity index (χ1v) is 18.6. The Morgan fingerprint density at radius 3 is 2.64 bits per heavy atom. The second kappa shape index (κ2) is 11.2. The zero-order valence-corrected chi connectivity index (χ0v) is 26.0. The first kappa shape index (κ1) is 30.9. The predicted octanol–water partition coefficient (Wildman–Crippen LogP) is -0.782. The van der Waals surface area contributed by atoms with Crippen molar-refractivity contribution in [1.29, 1.82) is 0 Å². The summed E-state index contributed by atoms with van der Waals surface area (Å²) < 4.78 is 51.0. The summed E-state index contributed by atoms with van der Waals surface area (Å²) >= 11 is 4.63. The van der Waals surface area contributed by atoms with Gasteiger partial charge in [-0.3, -0.25) is 0 Å². The molecule has 0 amide bonds. The van der Waals surface area contributed by atoms with Crippen LogP contribution in [0.4, 0.5) is 11.8 Å². The number of nitrogens with two attached hydrogens (primary N) is 2. The molecule has 3 fully saturated rings. The van der Waals surface area contributed by atoms with E-state index < -0.39 is 76.0 Å². The fourth-order valence-corrected chi connectivity index (χ4v) is 8.48. The number of rotatable bonds is 2. The molecule has 23 heteroatoms. The first-order valence-electron chi connectivity index (χ1n) is 13.5. The Labute approximate surface area is 257 Å². The number of phosphoric acid groups is 1. The fourth-order valence-electron chi connectivity index (χ4n) is 5.62. The summed E-state index contributed by atoms with van der Waals surface area (Å²) in [5, 5.41) is 23.0. The van der Waals surface area contributed by atoms with Gasteiger partial charge in [-0.25, -0.2) is 0 Å². The molecule has 0 spiro atoms. The Bertz CT molecular complexity index is 1870. The number of aromatic nitrogens is 7. The van der Waals surface area contributed by atoms with Crippen LogP contribution >= 0.6 is 27.0 Å². The normalized spacial score (nSPS) is 36.3. The number of aliphatic hydroxyl groups excluding tert-OH is 2. The van der Waals surface area contributed by atoms with Crippen LogP contribution in [0.15, 0.2) is 29.7 Å². The number of anilines is 2. The Hall–Kier alpha value is -2.78. The molecule has 3 aliphatic heterocycles. The molecular formula is C22H29N9O11P2S. The summed E-state index contributed by atoms with van der Waals surface area (Å²) in [5.74, 6) is 0.0283. The van der Waals surface area contributed by atoms with Crippen LogP contribution in [-0.4, -0.2) is 106 Å². The molecule has 4 aromatic rings. The van der Waals surface area contributed by atoms with Crippen LogP contribution < -0.4 is 17.0 Å². The van der Waals surface area contributed by atoms with Gasteiger partial charge in [0.25, 0.3) is 0 Å². The van der Waals surface area contributed by atoms with Gasteiger partial charge in [-0.2, -0.15) is 0 Å². The van der Waals surface area contributed by atoms with E-state index in [4.69, 9.17) is 39.0 Å². The molecular weight excluding hydrogens is 660 g/mol. The van der Waals surface area contributed by atoms with Crippen molar-refractivity contribution in [3.8, 4) is 0 Å². The van der Waals surface area contributed by atoms with Crippen molar-refractivity contribution in [2.24, 2.45) is 0 Å². The number of thiol groups is 1. The molecule has 0 radical (unpaired) electrons. The molecule has 7 rings (SSSR count). The summed E-state index contributed by atoms with van der Waals surface area (Å²) in [5.41, 5.74) is 11.4. The maximum atomic E-state index is 13.2. The number of nitrogens with one attached hydrogen (secondary N) is 1. The third-order valence-corrected chi connectivity index (χ3v) is 10.8. The number of aliphatic hydroxyl groups is 2. The number of H-pyrrole nitrogens is 1. The van der Waals surface area contributed by atoms with Gasteiger partial charge in [-0.05, 0) is 0 Å². The van der Waals surface area contributed by atoms with Crippen LogP contribution in [0.3, 0.4) is 0 Å². The van der Waals surface area contributed by atoms with Crippen molar-refractivity contribution in [3.63, 3.8) is 0 Å². The number of hydrogen-bond donors (Lipinski definition) is 7. The molecule has 3 aliphatic rings.